The summed E-state index contributed by atoms with van der Waals surface area (Å²) in [6, 6.07) is 9.12. The van der Waals surface area contributed by atoms with Gasteiger partial charge in [0.25, 0.3) is 5.91 Å². The number of hydrogen-bond acceptors (Lipinski definition) is 3. The van der Waals surface area contributed by atoms with Gasteiger partial charge in [-0.1, -0.05) is 18.2 Å². The molecule has 0 spiro atoms. The van der Waals surface area contributed by atoms with Crippen LogP contribution in [0.2, 0.25) is 0 Å². The molecule has 2 aliphatic rings. The van der Waals surface area contributed by atoms with E-state index in [0.717, 1.165) is 42.4 Å². The molecule has 2 bridgehead atoms. The van der Waals surface area contributed by atoms with Crippen LogP contribution in [-0.4, -0.2) is 52.0 Å². The molecular weight excluding hydrogens is 388 g/mol. The highest BCUT2D eigenvalue weighted by Gasteiger charge is 2.40. The van der Waals surface area contributed by atoms with Crippen molar-refractivity contribution in [2.45, 2.75) is 70.5 Å². The summed E-state index contributed by atoms with van der Waals surface area (Å²) >= 11 is 0. The van der Waals surface area contributed by atoms with Crippen LogP contribution in [0.25, 0.3) is 10.9 Å². The van der Waals surface area contributed by atoms with Crippen molar-refractivity contribution < 1.29 is 9.59 Å². The maximum absolute atomic E-state index is 12.9. The van der Waals surface area contributed by atoms with Gasteiger partial charge in [0.15, 0.2) is 0 Å². The fraction of sp³-hybridized carbons (Fsp3) is 0.600. The zero-order chi connectivity index (χ0) is 22.2. The van der Waals surface area contributed by atoms with Gasteiger partial charge in [-0.2, -0.15) is 0 Å². The van der Waals surface area contributed by atoms with E-state index >= 15 is 0 Å². The second-order valence-corrected chi connectivity index (χ2v) is 10.4. The van der Waals surface area contributed by atoms with Crippen LogP contribution >= 0.6 is 0 Å². The average Bonchev–Trinajstić information content (AvgIpc) is 3.16. The minimum Gasteiger partial charge on any atom is -0.352 e. The van der Waals surface area contributed by atoms with Gasteiger partial charge < -0.3 is 15.2 Å². The molecule has 2 fully saturated rings. The topological polar surface area (TPSA) is 66.4 Å². The quantitative estimate of drug-likeness (QED) is 0.746. The number of benzene rings is 1. The maximum Gasteiger partial charge on any atom is 0.253 e. The van der Waals surface area contributed by atoms with Crippen LogP contribution in [0.5, 0.6) is 0 Å². The lowest BCUT2D eigenvalue weighted by molar-refractivity contribution is -0.123. The monoisotopic (exact) mass is 424 g/mol. The molecule has 0 saturated carbocycles. The number of amides is 2. The van der Waals surface area contributed by atoms with Gasteiger partial charge in [-0.15, -0.1) is 0 Å². The summed E-state index contributed by atoms with van der Waals surface area (Å²) < 4.78 is 2.01. The van der Waals surface area contributed by atoms with E-state index in [4.69, 9.17) is 0 Å². The lowest BCUT2D eigenvalue weighted by atomic mass is 9.90. The summed E-state index contributed by atoms with van der Waals surface area (Å²) in [5, 5.41) is 7.27. The van der Waals surface area contributed by atoms with Crippen LogP contribution in [0.4, 0.5) is 0 Å². The summed E-state index contributed by atoms with van der Waals surface area (Å²) in [4.78, 5) is 27.6. The first kappa shape index (κ1) is 21.9. The molecule has 2 amide bonds. The predicted octanol–water partition coefficient (Wildman–Crippen LogP) is 3.46. The van der Waals surface area contributed by atoms with E-state index < -0.39 is 0 Å². The number of piperidine rings is 1. The highest BCUT2D eigenvalue weighted by Crippen LogP contribution is 2.38. The number of hydrogen-bond donors (Lipinski definition) is 2. The van der Waals surface area contributed by atoms with E-state index in [1.54, 1.807) is 0 Å². The molecule has 0 aliphatic carbocycles. The molecule has 4 rings (SSSR count). The molecule has 2 N–H and O–H groups in total. The molecule has 1 aromatic carbocycles. The molecule has 3 heterocycles. The average molecular weight is 425 g/mol. The summed E-state index contributed by atoms with van der Waals surface area (Å²) in [5.74, 6) is 0.665. The van der Waals surface area contributed by atoms with Crippen molar-refractivity contribution in [1.82, 2.24) is 20.1 Å². The molecule has 6 nitrogen and oxygen atoms in total. The van der Waals surface area contributed by atoms with Gasteiger partial charge in [0.1, 0.15) is 0 Å². The predicted molar refractivity (Wildman–Crippen MR) is 124 cm³/mol. The molecule has 0 unspecified atom stereocenters. The van der Waals surface area contributed by atoms with Gasteiger partial charge in [0.2, 0.25) is 5.91 Å². The normalized spacial score (nSPS) is 23.8. The SMILES string of the molecule is Cn1cc(C(=O)NC[C@@H]2C[C@H]3CC[C@@H](C2)N3CCC(=O)NC(C)(C)C)c2ccccc21. The fourth-order valence-electron chi connectivity index (χ4n) is 5.48. The molecule has 2 saturated heterocycles. The van der Waals surface area contributed by atoms with Crippen molar-refractivity contribution in [2.75, 3.05) is 13.1 Å². The summed E-state index contributed by atoms with van der Waals surface area (Å²) in [5.41, 5.74) is 1.66. The van der Waals surface area contributed by atoms with Gasteiger partial charge in [0.05, 0.1) is 5.56 Å². The zero-order valence-corrected chi connectivity index (χ0v) is 19.3. The van der Waals surface area contributed by atoms with Crippen molar-refractivity contribution in [2.24, 2.45) is 13.0 Å². The Bertz CT molecular complexity index is 944. The molecule has 168 valence electrons. The fourth-order valence-corrected chi connectivity index (χ4v) is 5.48. The van der Waals surface area contributed by atoms with Crippen LogP contribution in [0.3, 0.4) is 0 Å². The Balaban J connectivity index is 1.29. The second kappa shape index (κ2) is 8.65. The van der Waals surface area contributed by atoms with Crippen molar-refractivity contribution in [1.29, 1.82) is 0 Å². The lowest BCUT2D eigenvalue weighted by Crippen LogP contribution is -2.47. The molecule has 3 atom stereocenters. The standard InChI is InChI=1S/C25H36N4O2/c1-25(2,3)27-23(30)11-12-29-18-9-10-19(29)14-17(13-18)15-26-24(31)21-16-28(4)22-8-6-5-7-20(21)22/h5-8,16-19H,9-15H2,1-4H3,(H,26,31)(H,27,30)/t17-,18-,19+. The molecule has 2 aliphatic heterocycles. The minimum absolute atomic E-state index is 0.0189. The first-order valence-corrected chi connectivity index (χ1v) is 11.6. The Morgan fingerprint density at radius 2 is 1.77 bits per heavy atom. The number of aromatic nitrogens is 1. The third kappa shape index (κ3) is 4.95. The third-order valence-electron chi connectivity index (χ3n) is 6.79. The van der Waals surface area contributed by atoms with Gasteiger partial charge in [0, 0.05) is 61.3 Å². The number of nitrogens with zero attached hydrogens (tertiary/aromatic N) is 2. The Hall–Kier alpha value is -2.34. The highest BCUT2D eigenvalue weighted by molar-refractivity contribution is 6.06. The van der Waals surface area contributed by atoms with E-state index in [1.807, 2.05) is 62.8 Å². The number of nitrogens with one attached hydrogen (secondary N) is 2. The van der Waals surface area contributed by atoms with Crippen LogP contribution in [0, 0.1) is 5.92 Å². The van der Waals surface area contributed by atoms with Gasteiger partial charge in [-0.05, 0) is 58.4 Å². The number of para-hydroxylation sites is 1. The number of fused-ring (bicyclic) bond motifs is 3. The van der Waals surface area contributed by atoms with Gasteiger partial charge in [-0.25, -0.2) is 0 Å². The molecule has 2 aromatic rings. The molecule has 31 heavy (non-hydrogen) atoms. The molecule has 0 radical (unpaired) electrons. The maximum atomic E-state index is 12.9. The van der Waals surface area contributed by atoms with Crippen molar-refractivity contribution in [3.8, 4) is 0 Å². The van der Waals surface area contributed by atoms with Crippen molar-refractivity contribution in [3.05, 3.63) is 36.0 Å². The van der Waals surface area contributed by atoms with Crippen LogP contribution < -0.4 is 10.6 Å². The lowest BCUT2D eigenvalue weighted by Gasteiger charge is -2.39. The second-order valence-electron chi connectivity index (χ2n) is 10.4. The molecular formula is C25H36N4O2. The number of rotatable bonds is 6. The smallest absolute Gasteiger partial charge is 0.253 e. The van der Waals surface area contributed by atoms with Crippen LogP contribution in [0.1, 0.15) is 63.2 Å². The Labute approximate surface area is 185 Å². The summed E-state index contributed by atoms with van der Waals surface area (Å²) in [6.07, 6.45) is 7.11. The van der Waals surface area contributed by atoms with Crippen LogP contribution in [0.15, 0.2) is 30.5 Å². The van der Waals surface area contributed by atoms with E-state index in [1.165, 1.54) is 12.8 Å². The number of aryl methyl sites for hydroxylation is 1. The molecule has 6 heteroatoms. The van der Waals surface area contributed by atoms with Gasteiger partial charge >= 0.3 is 0 Å². The Morgan fingerprint density at radius 3 is 2.45 bits per heavy atom. The van der Waals surface area contributed by atoms with E-state index in [9.17, 15) is 9.59 Å². The van der Waals surface area contributed by atoms with E-state index in [0.29, 0.717) is 24.4 Å². The largest absolute Gasteiger partial charge is 0.352 e. The Morgan fingerprint density at radius 1 is 1.10 bits per heavy atom. The molecule has 1 aromatic heterocycles. The van der Waals surface area contributed by atoms with E-state index in [-0.39, 0.29) is 17.4 Å². The first-order valence-electron chi connectivity index (χ1n) is 11.6. The zero-order valence-electron chi connectivity index (χ0n) is 19.3. The Kier molecular flexibility index (Phi) is 6.11. The van der Waals surface area contributed by atoms with Crippen molar-refractivity contribution in [3.63, 3.8) is 0 Å². The summed E-state index contributed by atoms with van der Waals surface area (Å²) in [7, 11) is 1.98. The number of carbonyl (C=O) groups excluding carboxylic acids is 2. The van der Waals surface area contributed by atoms with Crippen LogP contribution in [-0.2, 0) is 11.8 Å². The number of carbonyl (C=O) groups is 2. The third-order valence-corrected chi connectivity index (χ3v) is 6.79. The van der Waals surface area contributed by atoms with Crippen molar-refractivity contribution >= 4 is 22.7 Å². The highest BCUT2D eigenvalue weighted by atomic mass is 16.2. The first-order chi connectivity index (χ1) is 14.7. The van der Waals surface area contributed by atoms with E-state index in [2.05, 4.69) is 15.5 Å². The van der Waals surface area contributed by atoms with Gasteiger partial charge in [-0.3, -0.25) is 14.5 Å². The summed E-state index contributed by atoms with van der Waals surface area (Å²) in [6.45, 7) is 7.63. The minimum atomic E-state index is -0.175.